The van der Waals surface area contributed by atoms with E-state index in [0.29, 0.717) is 11.9 Å². The van der Waals surface area contributed by atoms with Crippen molar-refractivity contribution in [2.45, 2.75) is 57.0 Å². The van der Waals surface area contributed by atoms with Crippen molar-refractivity contribution in [1.29, 1.82) is 0 Å². The van der Waals surface area contributed by atoms with E-state index in [2.05, 4.69) is 23.9 Å². The van der Waals surface area contributed by atoms with Crippen molar-refractivity contribution in [3.05, 3.63) is 0 Å². The lowest BCUT2D eigenvalue weighted by atomic mass is 9.92. The third-order valence-corrected chi connectivity index (χ3v) is 4.83. The Hall–Kier alpha value is -0.610. The maximum absolute atomic E-state index is 12.7. The molecule has 3 atom stereocenters. The standard InChI is InChI=1S/C15H29N3O/c1-17(2)12-7-6-10-18(11-12)15(19)13-8-4-3-5-9-14(13)16/h12-14H,3-11,16H2,1-2H3. The molecule has 1 aliphatic heterocycles. The predicted octanol–water partition coefficient (Wildman–Crippen LogP) is 1.45. The van der Waals surface area contributed by atoms with E-state index < -0.39 is 0 Å². The lowest BCUT2D eigenvalue weighted by molar-refractivity contribution is -0.138. The molecule has 0 radical (unpaired) electrons. The van der Waals surface area contributed by atoms with Gasteiger partial charge in [0.2, 0.25) is 5.91 Å². The molecular formula is C15H29N3O. The number of likely N-dealkylation sites (N-methyl/N-ethyl adjacent to an activating group) is 1. The third-order valence-electron chi connectivity index (χ3n) is 4.83. The van der Waals surface area contributed by atoms with E-state index in [1.807, 2.05) is 0 Å². The van der Waals surface area contributed by atoms with Crippen LogP contribution in [0.15, 0.2) is 0 Å². The molecule has 0 bridgehead atoms. The fraction of sp³-hybridized carbons (Fsp3) is 0.933. The summed E-state index contributed by atoms with van der Waals surface area (Å²) in [5, 5.41) is 0. The van der Waals surface area contributed by atoms with Gasteiger partial charge in [-0.3, -0.25) is 4.79 Å². The van der Waals surface area contributed by atoms with Crippen LogP contribution in [0.5, 0.6) is 0 Å². The van der Waals surface area contributed by atoms with Crippen LogP contribution in [0, 0.1) is 5.92 Å². The lowest BCUT2D eigenvalue weighted by Gasteiger charge is -2.38. The van der Waals surface area contributed by atoms with Crippen LogP contribution in [0.25, 0.3) is 0 Å². The Balaban J connectivity index is 1.97. The highest BCUT2D eigenvalue weighted by Gasteiger charge is 2.33. The zero-order valence-corrected chi connectivity index (χ0v) is 12.5. The predicted molar refractivity (Wildman–Crippen MR) is 77.8 cm³/mol. The first-order chi connectivity index (χ1) is 9.09. The normalized spacial score (nSPS) is 33.3. The number of likely N-dealkylation sites (tertiary alicyclic amines) is 1. The smallest absolute Gasteiger partial charge is 0.227 e. The number of hydrogen-bond acceptors (Lipinski definition) is 3. The molecule has 2 fully saturated rings. The van der Waals surface area contributed by atoms with Gasteiger partial charge in [0.1, 0.15) is 0 Å². The van der Waals surface area contributed by atoms with E-state index in [-0.39, 0.29) is 12.0 Å². The van der Waals surface area contributed by atoms with Gasteiger partial charge in [-0.15, -0.1) is 0 Å². The van der Waals surface area contributed by atoms with Gasteiger partial charge in [0.25, 0.3) is 0 Å². The van der Waals surface area contributed by atoms with Crippen LogP contribution < -0.4 is 5.73 Å². The molecule has 1 saturated heterocycles. The summed E-state index contributed by atoms with van der Waals surface area (Å²) < 4.78 is 0. The molecule has 0 aromatic rings. The first kappa shape index (κ1) is 14.8. The molecule has 0 spiro atoms. The summed E-state index contributed by atoms with van der Waals surface area (Å²) in [6, 6.07) is 0.592. The first-order valence-corrected chi connectivity index (χ1v) is 7.80. The molecule has 2 aliphatic rings. The molecule has 110 valence electrons. The van der Waals surface area contributed by atoms with Gasteiger partial charge >= 0.3 is 0 Å². The van der Waals surface area contributed by atoms with Gasteiger partial charge in [-0.05, 0) is 39.8 Å². The Kier molecular flexibility index (Phi) is 5.22. The number of nitrogens with two attached hydrogens (primary N) is 1. The molecule has 0 aromatic carbocycles. The summed E-state index contributed by atoms with van der Waals surface area (Å²) in [5.41, 5.74) is 6.22. The summed E-state index contributed by atoms with van der Waals surface area (Å²) in [6.07, 6.45) is 7.91. The monoisotopic (exact) mass is 267 g/mol. The number of piperidine rings is 1. The molecule has 3 unspecified atom stereocenters. The average molecular weight is 267 g/mol. The van der Waals surface area contributed by atoms with Gasteiger partial charge in [-0.25, -0.2) is 0 Å². The average Bonchev–Trinajstić information content (AvgIpc) is 2.63. The highest BCUT2D eigenvalue weighted by molar-refractivity contribution is 5.79. The van der Waals surface area contributed by atoms with Gasteiger partial charge in [-0.1, -0.05) is 19.3 Å². The highest BCUT2D eigenvalue weighted by Crippen LogP contribution is 2.25. The molecular weight excluding hydrogens is 238 g/mol. The summed E-state index contributed by atoms with van der Waals surface area (Å²) in [5.74, 6) is 0.393. The van der Waals surface area contributed by atoms with Crippen LogP contribution in [0.1, 0.15) is 44.9 Å². The summed E-state index contributed by atoms with van der Waals surface area (Å²) in [7, 11) is 4.21. The maximum atomic E-state index is 12.7. The summed E-state index contributed by atoms with van der Waals surface area (Å²) in [6.45, 7) is 1.81. The van der Waals surface area contributed by atoms with Crippen LogP contribution >= 0.6 is 0 Å². The fourth-order valence-corrected chi connectivity index (χ4v) is 3.45. The van der Waals surface area contributed by atoms with Gasteiger partial charge in [0, 0.05) is 25.2 Å². The van der Waals surface area contributed by atoms with Crippen molar-refractivity contribution in [2.75, 3.05) is 27.2 Å². The minimum absolute atomic E-state index is 0.0726. The first-order valence-electron chi connectivity index (χ1n) is 7.80. The van der Waals surface area contributed by atoms with Crippen molar-refractivity contribution in [3.63, 3.8) is 0 Å². The molecule has 1 heterocycles. The lowest BCUT2D eigenvalue weighted by Crippen LogP contribution is -2.51. The number of carbonyl (C=O) groups is 1. The van der Waals surface area contributed by atoms with Crippen LogP contribution in [0.3, 0.4) is 0 Å². The van der Waals surface area contributed by atoms with Crippen LogP contribution in [0.2, 0.25) is 0 Å². The van der Waals surface area contributed by atoms with Gasteiger partial charge in [0.15, 0.2) is 0 Å². The quantitative estimate of drug-likeness (QED) is 0.770. The molecule has 4 heteroatoms. The molecule has 19 heavy (non-hydrogen) atoms. The van der Waals surface area contributed by atoms with E-state index >= 15 is 0 Å². The second-order valence-corrected chi connectivity index (χ2v) is 6.45. The zero-order chi connectivity index (χ0) is 13.8. The third kappa shape index (κ3) is 3.69. The Morgan fingerprint density at radius 3 is 2.58 bits per heavy atom. The van der Waals surface area contributed by atoms with Crippen LogP contribution in [-0.2, 0) is 4.79 Å². The maximum Gasteiger partial charge on any atom is 0.227 e. The summed E-state index contributed by atoms with van der Waals surface area (Å²) in [4.78, 5) is 17.0. The number of hydrogen-bond donors (Lipinski definition) is 1. The minimum Gasteiger partial charge on any atom is -0.341 e. The molecule has 1 aliphatic carbocycles. The fourth-order valence-electron chi connectivity index (χ4n) is 3.45. The Morgan fingerprint density at radius 2 is 1.84 bits per heavy atom. The molecule has 2 N–H and O–H groups in total. The van der Waals surface area contributed by atoms with E-state index in [1.54, 1.807) is 0 Å². The number of nitrogens with zero attached hydrogens (tertiary/aromatic N) is 2. The Morgan fingerprint density at radius 1 is 1.11 bits per heavy atom. The molecule has 1 saturated carbocycles. The van der Waals surface area contributed by atoms with Crippen molar-refractivity contribution >= 4 is 5.91 Å². The number of rotatable bonds is 2. The van der Waals surface area contributed by atoms with E-state index in [1.165, 1.54) is 19.3 Å². The van der Waals surface area contributed by atoms with E-state index in [4.69, 9.17) is 5.73 Å². The van der Waals surface area contributed by atoms with Crippen molar-refractivity contribution in [1.82, 2.24) is 9.80 Å². The Bertz CT molecular complexity index is 306. The molecule has 4 nitrogen and oxygen atoms in total. The minimum atomic E-state index is 0.0726. The number of amides is 1. The number of carbonyl (C=O) groups excluding carboxylic acids is 1. The topological polar surface area (TPSA) is 49.6 Å². The largest absolute Gasteiger partial charge is 0.341 e. The van der Waals surface area contributed by atoms with Gasteiger partial charge in [-0.2, -0.15) is 0 Å². The van der Waals surface area contributed by atoms with Crippen molar-refractivity contribution in [2.24, 2.45) is 11.7 Å². The van der Waals surface area contributed by atoms with E-state index in [9.17, 15) is 4.79 Å². The second kappa shape index (κ2) is 6.71. The summed E-state index contributed by atoms with van der Waals surface area (Å²) >= 11 is 0. The van der Waals surface area contributed by atoms with E-state index in [0.717, 1.165) is 38.8 Å². The zero-order valence-electron chi connectivity index (χ0n) is 12.5. The van der Waals surface area contributed by atoms with Gasteiger partial charge < -0.3 is 15.5 Å². The van der Waals surface area contributed by atoms with Crippen molar-refractivity contribution < 1.29 is 4.79 Å². The molecule has 2 rings (SSSR count). The van der Waals surface area contributed by atoms with Gasteiger partial charge in [0.05, 0.1) is 5.92 Å². The molecule has 0 aromatic heterocycles. The van der Waals surface area contributed by atoms with Crippen LogP contribution in [-0.4, -0.2) is 55.0 Å². The van der Waals surface area contributed by atoms with Crippen LogP contribution in [0.4, 0.5) is 0 Å². The Labute approximate surface area is 117 Å². The SMILES string of the molecule is CN(C)C1CCCN(C(=O)C2CCCCCC2N)C1. The van der Waals surface area contributed by atoms with Crippen molar-refractivity contribution in [3.8, 4) is 0 Å². The highest BCUT2D eigenvalue weighted by atomic mass is 16.2. The second-order valence-electron chi connectivity index (χ2n) is 6.45. The molecule has 1 amide bonds.